The third-order valence-electron chi connectivity index (χ3n) is 4.57. The summed E-state index contributed by atoms with van der Waals surface area (Å²) >= 11 is 0. The van der Waals surface area contributed by atoms with E-state index in [2.05, 4.69) is 10.1 Å². The van der Waals surface area contributed by atoms with Crippen LogP contribution in [-0.4, -0.2) is 61.1 Å². The maximum Gasteiger partial charge on any atom is 0.293 e. The van der Waals surface area contributed by atoms with E-state index in [4.69, 9.17) is 0 Å². The van der Waals surface area contributed by atoms with Gasteiger partial charge in [-0.25, -0.2) is 9.67 Å². The molecule has 128 valence electrons. The van der Waals surface area contributed by atoms with E-state index >= 15 is 0 Å². The zero-order chi connectivity index (χ0) is 17.3. The number of hydrogen-bond acceptors (Lipinski definition) is 5. The Hall–Kier alpha value is -2.25. The van der Waals surface area contributed by atoms with Crippen LogP contribution in [0.25, 0.3) is 5.69 Å². The van der Waals surface area contributed by atoms with Crippen LogP contribution in [0.15, 0.2) is 30.3 Å². The smallest absolute Gasteiger partial charge is 0.293 e. The molecule has 1 fully saturated rings. The molecule has 0 bridgehead atoms. The summed E-state index contributed by atoms with van der Waals surface area (Å²) in [5.41, 5.74) is 0.831. The standard InChI is InChI=1S/C17H22N4O3/c1-11-18-16(19-21(11)12-7-4-3-5-8-12)17(24)20(2)13-9-6-10-14(22)15(13)23/h3-5,7-8,13-15,22-23H,6,9-10H2,1-2H3/t13-,14-,15-/m1/s1. The Morgan fingerprint density at radius 3 is 2.67 bits per heavy atom. The van der Waals surface area contributed by atoms with E-state index in [0.717, 1.165) is 12.1 Å². The van der Waals surface area contributed by atoms with E-state index in [1.54, 1.807) is 18.7 Å². The summed E-state index contributed by atoms with van der Waals surface area (Å²) in [7, 11) is 1.62. The lowest BCUT2D eigenvalue weighted by Crippen LogP contribution is -2.51. The third-order valence-corrected chi connectivity index (χ3v) is 4.57. The minimum absolute atomic E-state index is 0.0890. The Labute approximate surface area is 140 Å². The first-order valence-electron chi connectivity index (χ1n) is 8.11. The molecular formula is C17H22N4O3. The van der Waals surface area contributed by atoms with Crippen LogP contribution in [0.5, 0.6) is 0 Å². The molecule has 0 saturated heterocycles. The Morgan fingerprint density at radius 2 is 1.96 bits per heavy atom. The molecule has 24 heavy (non-hydrogen) atoms. The lowest BCUT2D eigenvalue weighted by atomic mass is 9.89. The van der Waals surface area contributed by atoms with Gasteiger partial charge in [-0.05, 0) is 38.3 Å². The number of aryl methyl sites for hydroxylation is 1. The zero-order valence-corrected chi connectivity index (χ0v) is 13.8. The monoisotopic (exact) mass is 330 g/mol. The van der Waals surface area contributed by atoms with Gasteiger partial charge in [-0.3, -0.25) is 4.79 Å². The van der Waals surface area contributed by atoms with Gasteiger partial charge in [0.05, 0.1) is 17.8 Å². The number of para-hydroxylation sites is 1. The second-order valence-electron chi connectivity index (χ2n) is 6.20. The highest BCUT2D eigenvalue weighted by atomic mass is 16.3. The minimum atomic E-state index is -0.940. The molecule has 1 aromatic heterocycles. The zero-order valence-electron chi connectivity index (χ0n) is 13.8. The second kappa shape index (κ2) is 6.70. The molecule has 0 radical (unpaired) electrons. The Bertz CT molecular complexity index is 716. The van der Waals surface area contributed by atoms with Crippen LogP contribution >= 0.6 is 0 Å². The van der Waals surface area contributed by atoms with Gasteiger partial charge in [-0.2, -0.15) is 0 Å². The number of likely N-dealkylation sites (N-methyl/N-ethyl adjacent to an activating group) is 1. The summed E-state index contributed by atoms with van der Waals surface area (Å²) in [5, 5.41) is 24.3. The Balaban J connectivity index is 1.83. The molecule has 0 spiro atoms. The molecule has 7 heteroatoms. The number of rotatable bonds is 3. The molecule has 7 nitrogen and oxygen atoms in total. The van der Waals surface area contributed by atoms with E-state index in [1.165, 1.54) is 4.90 Å². The van der Waals surface area contributed by atoms with Crippen LogP contribution in [0.4, 0.5) is 0 Å². The number of aliphatic hydroxyl groups excluding tert-OH is 2. The molecule has 1 heterocycles. The molecule has 3 atom stereocenters. The maximum atomic E-state index is 12.7. The van der Waals surface area contributed by atoms with Gasteiger partial charge in [-0.1, -0.05) is 18.2 Å². The molecule has 1 amide bonds. The van der Waals surface area contributed by atoms with E-state index < -0.39 is 18.2 Å². The maximum absolute atomic E-state index is 12.7. The first kappa shape index (κ1) is 16.6. The molecule has 1 aliphatic rings. The van der Waals surface area contributed by atoms with Crippen molar-refractivity contribution >= 4 is 5.91 Å². The van der Waals surface area contributed by atoms with Crippen molar-refractivity contribution in [3.05, 3.63) is 42.0 Å². The number of aliphatic hydroxyl groups is 2. The first-order chi connectivity index (χ1) is 11.5. The molecule has 2 aromatic rings. The highest BCUT2D eigenvalue weighted by molar-refractivity contribution is 5.90. The van der Waals surface area contributed by atoms with E-state index in [1.807, 2.05) is 30.3 Å². The number of aromatic nitrogens is 3. The predicted molar refractivity (Wildman–Crippen MR) is 87.8 cm³/mol. The molecule has 1 saturated carbocycles. The van der Waals surface area contributed by atoms with Crippen LogP contribution in [0.3, 0.4) is 0 Å². The quantitative estimate of drug-likeness (QED) is 0.873. The summed E-state index contributed by atoms with van der Waals surface area (Å²) in [6.45, 7) is 1.79. The number of hydrogen-bond donors (Lipinski definition) is 2. The fraction of sp³-hybridized carbons (Fsp3) is 0.471. The third kappa shape index (κ3) is 3.05. The number of benzene rings is 1. The number of carbonyl (C=O) groups excluding carboxylic acids is 1. The molecule has 0 unspecified atom stereocenters. The predicted octanol–water partition coefficient (Wildman–Crippen LogP) is 0.922. The van der Waals surface area contributed by atoms with Gasteiger partial charge in [-0.15, -0.1) is 5.10 Å². The summed E-state index contributed by atoms with van der Waals surface area (Å²) in [4.78, 5) is 18.4. The number of nitrogens with zero attached hydrogens (tertiary/aromatic N) is 4. The van der Waals surface area contributed by atoms with Crippen LogP contribution in [0.1, 0.15) is 35.7 Å². The van der Waals surface area contributed by atoms with Crippen molar-refractivity contribution in [1.29, 1.82) is 0 Å². The minimum Gasteiger partial charge on any atom is -0.390 e. The average molecular weight is 330 g/mol. The average Bonchev–Trinajstić information content (AvgIpc) is 2.98. The number of carbonyl (C=O) groups is 1. The van der Waals surface area contributed by atoms with Gasteiger partial charge >= 0.3 is 0 Å². The largest absolute Gasteiger partial charge is 0.390 e. The van der Waals surface area contributed by atoms with Crippen LogP contribution in [-0.2, 0) is 0 Å². The highest BCUT2D eigenvalue weighted by Gasteiger charge is 2.36. The van der Waals surface area contributed by atoms with Crippen molar-refractivity contribution in [2.75, 3.05) is 7.05 Å². The van der Waals surface area contributed by atoms with Crippen molar-refractivity contribution in [2.24, 2.45) is 0 Å². The van der Waals surface area contributed by atoms with E-state index in [0.29, 0.717) is 18.7 Å². The molecule has 1 aliphatic carbocycles. The SMILES string of the molecule is Cc1nc(C(=O)N(C)[C@@H]2CCC[C@@H](O)[C@@H]2O)nn1-c1ccccc1. The summed E-state index contributed by atoms with van der Waals surface area (Å²) in [5.74, 6) is 0.347. The van der Waals surface area contributed by atoms with Gasteiger partial charge in [0.15, 0.2) is 0 Å². The lowest BCUT2D eigenvalue weighted by molar-refractivity contribution is -0.0528. The Kier molecular flexibility index (Phi) is 4.64. The second-order valence-corrected chi connectivity index (χ2v) is 6.20. The highest BCUT2D eigenvalue weighted by Crippen LogP contribution is 2.24. The van der Waals surface area contributed by atoms with E-state index in [-0.39, 0.29) is 11.7 Å². The van der Waals surface area contributed by atoms with Gasteiger partial charge in [0.2, 0.25) is 5.82 Å². The molecule has 1 aromatic carbocycles. The summed E-state index contributed by atoms with van der Waals surface area (Å²) < 4.78 is 1.62. The van der Waals surface area contributed by atoms with Crippen LogP contribution < -0.4 is 0 Å². The van der Waals surface area contributed by atoms with Gasteiger partial charge < -0.3 is 15.1 Å². The van der Waals surface area contributed by atoms with Gasteiger partial charge in [0.25, 0.3) is 5.91 Å². The Morgan fingerprint density at radius 1 is 1.25 bits per heavy atom. The van der Waals surface area contributed by atoms with E-state index in [9.17, 15) is 15.0 Å². The molecule has 2 N–H and O–H groups in total. The van der Waals surface area contributed by atoms with Crippen molar-refractivity contribution in [2.45, 2.75) is 44.4 Å². The lowest BCUT2D eigenvalue weighted by Gasteiger charge is -2.37. The molecular weight excluding hydrogens is 308 g/mol. The fourth-order valence-electron chi connectivity index (χ4n) is 3.16. The molecule has 3 rings (SSSR count). The van der Waals surface area contributed by atoms with Gasteiger partial charge in [0.1, 0.15) is 11.9 Å². The normalized spacial score (nSPS) is 23.9. The van der Waals surface area contributed by atoms with Crippen molar-refractivity contribution in [3.63, 3.8) is 0 Å². The van der Waals surface area contributed by atoms with Gasteiger partial charge in [0, 0.05) is 7.05 Å². The van der Waals surface area contributed by atoms with Crippen molar-refractivity contribution < 1.29 is 15.0 Å². The first-order valence-corrected chi connectivity index (χ1v) is 8.11. The summed E-state index contributed by atoms with van der Waals surface area (Å²) in [6.07, 6.45) is 0.241. The molecule has 0 aliphatic heterocycles. The van der Waals surface area contributed by atoms with Crippen molar-refractivity contribution in [1.82, 2.24) is 19.7 Å². The topological polar surface area (TPSA) is 91.5 Å². The van der Waals surface area contributed by atoms with Crippen LogP contribution in [0.2, 0.25) is 0 Å². The van der Waals surface area contributed by atoms with Crippen molar-refractivity contribution in [3.8, 4) is 5.69 Å². The van der Waals surface area contributed by atoms with Crippen LogP contribution in [0, 0.1) is 6.92 Å². The fourth-order valence-corrected chi connectivity index (χ4v) is 3.16. The summed E-state index contributed by atoms with van der Waals surface area (Å²) in [6, 6.07) is 9.05. The number of amides is 1.